The summed E-state index contributed by atoms with van der Waals surface area (Å²) in [5, 5.41) is 19.3. The zero-order valence-corrected chi connectivity index (χ0v) is 14.4. The van der Waals surface area contributed by atoms with Crippen LogP contribution in [0, 0.1) is 0 Å². The Morgan fingerprint density at radius 2 is 2.04 bits per heavy atom. The number of hydrogen-bond acceptors (Lipinski definition) is 5. The Labute approximate surface area is 150 Å². The zero-order chi connectivity index (χ0) is 18.5. The molecular weight excluding hydrogens is 336 g/mol. The summed E-state index contributed by atoms with van der Waals surface area (Å²) in [7, 11) is 0. The number of aromatic amines is 1. The Hall–Kier alpha value is -2.74. The number of nitrogens with one attached hydrogen (secondary N) is 2. The highest BCUT2D eigenvalue weighted by Gasteiger charge is 2.30. The van der Waals surface area contributed by atoms with Gasteiger partial charge in [-0.15, -0.1) is 0 Å². The first-order chi connectivity index (χ1) is 12.6. The van der Waals surface area contributed by atoms with Crippen molar-refractivity contribution in [2.75, 3.05) is 13.2 Å². The third-order valence-corrected chi connectivity index (χ3v) is 4.74. The van der Waals surface area contributed by atoms with Crippen LogP contribution in [0.1, 0.15) is 31.4 Å². The third kappa shape index (κ3) is 3.75. The lowest BCUT2D eigenvalue weighted by molar-refractivity contribution is -0.148. The summed E-state index contributed by atoms with van der Waals surface area (Å²) in [5.74, 6) is -1.29. The van der Waals surface area contributed by atoms with Crippen molar-refractivity contribution < 1.29 is 14.7 Å². The predicted molar refractivity (Wildman–Crippen MR) is 95.3 cm³/mol. The van der Waals surface area contributed by atoms with Gasteiger partial charge in [0, 0.05) is 24.6 Å². The number of aliphatic hydroxyl groups is 1. The fourth-order valence-electron chi connectivity index (χ4n) is 3.39. The molecule has 8 nitrogen and oxygen atoms in total. The summed E-state index contributed by atoms with van der Waals surface area (Å²) in [4.78, 5) is 38.1. The van der Waals surface area contributed by atoms with Gasteiger partial charge in [0.2, 0.25) is 0 Å². The van der Waals surface area contributed by atoms with Gasteiger partial charge in [0.1, 0.15) is 0 Å². The van der Waals surface area contributed by atoms with E-state index in [1.807, 2.05) is 0 Å². The van der Waals surface area contributed by atoms with Gasteiger partial charge in [-0.3, -0.25) is 14.4 Å². The molecule has 3 rings (SSSR count). The number of piperidine rings is 1. The molecule has 8 heteroatoms. The number of rotatable bonds is 4. The van der Waals surface area contributed by atoms with Gasteiger partial charge in [-0.05, 0) is 31.7 Å². The normalized spacial score (nSPS) is 17.3. The number of aromatic nitrogens is 2. The van der Waals surface area contributed by atoms with E-state index in [4.69, 9.17) is 5.11 Å². The largest absolute Gasteiger partial charge is 0.396 e. The van der Waals surface area contributed by atoms with Crippen LogP contribution in [0.25, 0.3) is 10.8 Å². The Bertz CT molecular complexity index is 862. The van der Waals surface area contributed by atoms with Gasteiger partial charge in [0.05, 0.1) is 17.6 Å². The van der Waals surface area contributed by atoms with Crippen LogP contribution in [-0.4, -0.2) is 51.2 Å². The van der Waals surface area contributed by atoms with E-state index < -0.39 is 11.8 Å². The lowest BCUT2D eigenvalue weighted by Gasteiger charge is -2.35. The first kappa shape index (κ1) is 18.1. The van der Waals surface area contributed by atoms with Crippen molar-refractivity contribution in [2.45, 2.75) is 38.3 Å². The summed E-state index contributed by atoms with van der Waals surface area (Å²) in [5.41, 5.74) is 0.193. The molecule has 1 fully saturated rings. The van der Waals surface area contributed by atoms with E-state index in [0.717, 1.165) is 19.3 Å². The second-order valence-corrected chi connectivity index (χ2v) is 6.39. The zero-order valence-electron chi connectivity index (χ0n) is 14.4. The molecule has 3 N–H and O–H groups in total. The summed E-state index contributed by atoms with van der Waals surface area (Å²) in [6, 6.07) is 6.87. The fraction of sp³-hybridized carbons (Fsp3) is 0.444. The van der Waals surface area contributed by atoms with Crippen molar-refractivity contribution in [3.63, 3.8) is 0 Å². The second kappa shape index (κ2) is 8.09. The van der Waals surface area contributed by atoms with Crippen molar-refractivity contribution in [3.8, 4) is 0 Å². The van der Waals surface area contributed by atoms with E-state index in [2.05, 4.69) is 15.5 Å². The van der Waals surface area contributed by atoms with Crippen LogP contribution in [0.2, 0.25) is 0 Å². The number of carbonyl (C=O) groups is 2. The van der Waals surface area contributed by atoms with Crippen LogP contribution < -0.4 is 10.9 Å². The summed E-state index contributed by atoms with van der Waals surface area (Å²) in [6.45, 7) is 0.556. The van der Waals surface area contributed by atoms with Crippen molar-refractivity contribution in [1.82, 2.24) is 20.4 Å². The van der Waals surface area contributed by atoms with E-state index in [-0.39, 0.29) is 24.8 Å². The van der Waals surface area contributed by atoms with Gasteiger partial charge in [0.25, 0.3) is 5.56 Å². The lowest BCUT2D eigenvalue weighted by atomic mass is 9.99. The topological polar surface area (TPSA) is 115 Å². The van der Waals surface area contributed by atoms with Gasteiger partial charge in [-0.25, -0.2) is 5.10 Å². The smallest absolute Gasteiger partial charge is 0.312 e. The number of amides is 2. The minimum Gasteiger partial charge on any atom is -0.396 e. The van der Waals surface area contributed by atoms with E-state index in [1.54, 1.807) is 29.2 Å². The molecule has 1 aliphatic rings. The minimum absolute atomic E-state index is 0.0106. The van der Waals surface area contributed by atoms with Gasteiger partial charge < -0.3 is 15.3 Å². The third-order valence-electron chi connectivity index (χ3n) is 4.74. The van der Waals surface area contributed by atoms with Crippen molar-refractivity contribution >= 4 is 22.6 Å². The van der Waals surface area contributed by atoms with Crippen molar-refractivity contribution in [2.24, 2.45) is 0 Å². The number of aliphatic hydroxyl groups excluding tert-OH is 1. The lowest BCUT2D eigenvalue weighted by Crippen LogP contribution is -2.50. The summed E-state index contributed by atoms with van der Waals surface area (Å²) in [6.07, 6.45) is 3.12. The Morgan fingerprint density at radius 3 is 2.81 bits per heavy atom. The number of fused-ring (bicyclic) bond motifs is 1. The second-order valence-electron chi connectivity index (χ2n) is 6.39. The molecule has 1 atom stereocenters. The molecule has 0 spiro atoms. The molecular formula is C18H22N4O4. The molecule has 2 heterocycles. The Balaban J connectivity index is 1.70. The molecule has 0 aliphatic carbocycles. The SMILES string of the molecule is O=C(NCc1n[nH]c(=O)c2ccccc12)C(=O)N1CCCCC1CCO. The molecule has 0 saturated carbocycles. The van der Waals surface area contributed by atoms with E-state index in [9.17, 15) is 14.4 Å². The number of carbonyl (C=O) groups excluding carboxylic acids is 2. The molecule has 2 aromatic rings. The molecule has 138 valence electrons. The monoisotopic (exact) mass is 358 g/mol. The highest BCUT2D eigenvalue weighted by Crippen LogP contribution is 2.19. The highest BCUT2D eigenvalue weighted by molar-refractivity contribution is 6.35. The van der Waals surface area contributed by atoms with E-state index >= 15 is 0 Å². The molecule has 1 saturated heterocycles. The number of H-pyrrole nitrogens is 1. The van der Waals surface area contributed by atoms with Gasteiger partial charge in [-0.1, -0.05) is 18.2 Å². The van der Waals surface area contributed by atoms with Gasteiger partial charge >= 0.3 is 11.8 Å². The molecule has 1 aromatic carbocycles. The standard InChI is InChI=1S/C18H22N4O4/c23-10-8-12-5-3-4-9-22(12)18(26)17(25)19-11-15-13-6-1-2-7-14(13)16(24)21-20-15/h1-2,6-7,12,23H,3-5,8-11H2,(H,19,25)(H,21,24). The Kier molecular flexibility index (Phi) is 5.62. The molecule has 1 unspecified atom stereocenters. The van der Waals surface area contributed by atoms with Crippen LogP contribution >= 0.6 is 0 Å². The average Bonchev–Trinajstić information content (AvgIpc) is 2.67. The van der Waals surface area contributed by atoms with Crippen LogP contribution in [0.5, 0.6) is 0 Å². The quantitative estimate of drug-likeness (QED) is 0.680. The van der Waals surface area contributed by atoms with Gasteiger partial charge in [0.15, 0.2) is 0 Å². The molecule has 1 aliphatic heterocycles. The summed E-state index contributed by atoms with van der Waals surface area (Å²) < 4.78 is 0. The molecule has 0 bridgehead atoms. The maximum Gasteiger partial charge on any atom is 0.312 e. The first-order valence-electron chi connectivity index (χ1n) is 8.77. The molecule has 26 heavy (non-hydrogen) atoms. The number of likely N-dealkylation sites (tertiary alicyclic amines) is 1. The Morgan fingerprint density at radius 1 is 1.27 bits per heavy atom. The van der Waals surface area contributed by atoms with Crippen LogP contribution in [0.15, 0.2) is 29.1 Å². The maximum atomic E-state index is 12.5. The minimum atomic E-state index is -0.702. The van der Waals surface area contributed by atoms with E-state index in [1.165, 1.54) is 0 Å². The fourth-order valence-corrected chi connectivity index (χ4v) is 3.39. The maximum absolute atomic E-state index is 12.5. The predicted octanol–water partition coefficient (Wildman–Crippen LogP) is 0.303. The average molecular weight is 358 g/mol. The first-order valence-corrected chi connectivity index (χ1v) is 8.77. The number of benzene rings is 1. The molecule has 1 aromatic heterocycles. The van der Waals surface area contributed by atoms with Crippen LogP contribution in [0.3, 0.4) is 0 Å². The van der Waals surface area contributed by atoms with Crippen molar-refractivity contribution in [1.29, 1.82) is 0 Å². The van der Waals surface area contributed by atoms with Crippen molar-refractivity contribution in [3.05, 3.63) is 40.3 Å². The number of nitrogens with zero attached hydrogens (tertiary/aromatic N) is 2. The highest BCUT2D eigenvalue weighted by atomic mass is 16.3. The van der Waals surface area contributed by atoms with Crippen LogP contribution in [-0.2, 0) is 16.1 Å². The molecule has 0 radical (unpaired) electrons. The van der Waals surface area contributed by atoms with Gasteiger partial charge in [-0.2, -0.15) is 5.10 Å². The summed E-state index contributed by atoms with van der Waals surface area (Å²) >= 11 is 0. The van der Waals surface area contributed by atoms with E-state index in [0.29, 0.717) is 29.4 Å². The number of hydrogen-bond donors (Lipinski definition) is 3. The molecule has 2 amide bonds. The van der Waals surface area contributed by atoms with Crippen LogP contribution in [0.4, 0.5) is 0 Å².